The highest BCUT2D eigenvalue weighted by atomic mass is 16.6. The fourth-order valence-corrected chi connectivity index (χ4v) is 2.11. The summed E-state index contributed by atoms with van der Waals surface area (Å²) >= 11 is 0. The Hall–Kier alpha value is -3.51. The molecule has 0 rings (SSSR count). The fourth-order valence-electron chi connectivity index (χ4n) is 2.11. The summed E-state index contributed by atoms with van der Waals surface area (Å²) in [5.74, 6) is -5.07. The van der Waals surface area contributed by atoms with E-state index in [1.54, 1.807) is 6.92 Å². The number of methoxy groups -OCH3 is 1. The third-order valence-corrected chi connectivity index (χ3v) is 3.98. The maximum absolute atomic E-state index is 11.9. The average molecular weight is 459 g/mol. The molecule has 0 aliphatic carbocycles. The Morgan fingerprint density at radius 3 is 2.06 bits per heavy atom. The highest BCUT2D eigenvalue weighted by molar-refractivity contribution is 5.91. The lowest BCUT2D eigenvalue weighted by Gasteiger charge is -2.13. The molecule has 0 fully saturated rings. The largest absolute Gasteiger partial charge is 0.481 e. The number of carboxylic acids is 1. The fraction of sp³-hybridized carbons (Fsp3) is 0.632. The van der Waals surface area contributed by atoms with Crippen LogP contribution in [0.25, 0.3) is 0 Å². The monoisotopic (exact) mass is 459 g/mol. The van der Waals surface area contributed by atoms with Crippen LogP contribution >= 0.6 is 0 Å². The van der Waals surface area contributed by atoms with Gasteiger partial charge in [-0.3, -0.25) is 28.8 Å². The van der Waals surface area contributed by atoms with Gasteiger partial charge >= 0.3 is 18.0 Å². The number of ether oxygens (including phenoxy) is 2. The summed E-state index contributed by atoms with van der Waals surface area (Å²) in [6, 6.07) is 0. The number of amides is 3. The first-order valence-corrected chi connectivity index (χ1v) is 9.86. The van der Waals surface area contributed by atoms with Crippen molar-refractivity contribution in [2.75, 3.05) is 33.4 Å². The van der Waals surface area contributed by atoms with Gasteiger partial charge in [0.15, 0.2) is 11.6 Å². The van der Waals surface area contributed by atoms with Crippen molar-refractivity contribution in [3.63, 3.8) is 0 Å². The molecule has 13 nitrogen and oxygen atoms in total. The second-order valence-electron chi connectivity index (χ2n) is 6.58. The number of hydrogen-bond donors (Lipinski definition) is 4. The molecule has 0 aromatic carbocycles. The van der Waals surface area contributed by atoms with Gasteiger partial charge in [-0.25, -0.2) is 4.79 Å². The van der Waals surface area contributed by atoms with Crippen molar-refractivity contribution < 1.29 is 48.1 Å². The van der Waals surface area contributed by atoms with E-state index in [-0.39, 0.29) is 50.5 Å². The molecule has 0 saturated carbocycles. The minimum absolute atomic E-state index is 0.0678. The molecule has 0 radical (unpaired) electrons. The third kappa shape index (κ3) is 14.5. The maximum Gasteiger partial charge on any atom is 0.407 e. The maximum atomic E-state index is 11.9. The Morgan fingerprint density at radius 2 is 1.47 bits per heavy atom. The van der Waals surface area contributed by atoms with Crippen LogP contribution in [0, 0.1) is 5.92 Å². The Labute approximate surface area is 184 Å². The lowest BCUT2D eigenvalue weighted by Crippen LogP contribution is -2.34. The standard InChI is InChI=1S/C19H29N3O10/c1-3-15(25)21-9-13(23)4-5-16(26)22-10-14(24)8-12(18(28)29)11-32-19(30)20-7-6-17(27)31-2/h12H,3-11H2,1-2H3,(H,20,30)(H,21,25)(H,22,26)(H,28,29)/t12-/m0/s1. The molecule has 13 heteroatoms. The van der Waals surface area contributed by atoms with Gasteiger partial charge in [-0.1, -0.05) is 6.92 Å². The minimum atomic E-state index is -1.37. The van der Waals surface area contributed by atoms with Crippen LogP contribution in [0.1, 0.15) is 39.0 Å². The van der Waals surface area contributed by atoms with E-state index in [1.807, 2.05) is 0 Å². The molecule has 0 bridgehead atoms. The predicted molar refractivity (Wildman–Crippen MR) is 107 cm³/mol. The molecular weight excluding hydrogens is 430 g/mol. The van der Waals surface area contributed by atoms with Gasteiger partial charge in [0.05, 0.1) is 32.5 Å². The van der Waals surface area contributed by atoms with Gasteiger partial charge in [-0.15, -0.1) is 0 Å². The second kappa shape index (κ2) is 16.2. The SMILES string of the molecule is CCC(=O)NCC(=O)CCC(=O)NCC(=O)C[C@@H](COC(=O)NCCC(=O)OC)C(=O)O. The quantitative estimate of drug-likeness (QED) is 0.206. The molecule has 0 saturated heterocycles. The number of esters is 1. The molecule has 0 aromatic rings. The van der Waals surface area contributed by atoms with Crippen LogP contribution < -0.4 is 16.0 Å². The zero-order valence-electron chi connectivity index (χ0n) is 18.1. The number of ketones is 2. The molecule has 0 aliphatic rings. The summed E-state index contributed by atoms with van der Waals surface area (Å²) in [7, 11) is 1.19. The number of Topliss-reactive ketones (excluding diaryl/α,β-unsaturated/α-hetero) is 2. The molecule has 0 heterocycles. The highest BCUT2D eigenvalue weighted by Gasteiger charge is 2.23. The summed E-state index contributed by atoms with van der Waals surface area (Å²) in [6.07, 6.45) is -1.62. The van der Waals surface area contributed by atoms with E-state index in [2.05, 4.69) is 20.7 Å². The van der Waals surface area contributed by atoms with Crippen molar-refractivity contribution in [2.24, 2.45) is 5.92 Å². The second-order valence-corrected chi connectivity index (χ2v) is 6.58. The number of alkyl carbamates (subject to hydrolysis) is 1. The zero-order valence-corrected chi connectivity index (χ0v) is 18.1. The van der Waals surface area contributed by atoms with Gasteiger partial charge in [0.1, 0.15) is 6.61 Å². The van der Waals surface area contributed by atoms with Crippen molar-refractivity contribution in [3.8, 4) is 0 Å². The van der Waals surface area contributed by atoms with Gasteiger partial charge in [-0.2, -0.15) is 0 Å². The molecule has 1 atom stereocenters. The number of aliphatic carboxylic acids is 1. The topological polar surface area (TPSA) is 194 Å². The van der Waals surface area contributed by atoms with E-state index in [9.17, 15) is 33.6 Å². The number of carboxylic acid groups (broad SMARTS) is 1. The molecule has 180 valence electrons. The smallest absolute Gasteiger partial charge is 0.407 e. The van der Waals surface area contributed by atoms with Crippen LogP contribution in [0.5, 0.6) is 0 Å². The van der Waals surface area contributed by atoms with E-state index in [0.717, 1.165) is 0 Å². The van der Waals surface area contributed by atoms with Gasteiger partial charge in [-0.05, 0) is 0 Å². The predicted octanol–water partition coefficient (Wildman–Crippen LogP) is -1.07. The van der Waals surface area contributed by atoms with Crippen molar-refractivity contribution in [3.05, 3.63) is 0 Å². The summed E-state index contributed by atoms with van der Waals surface area (Å²) in [4.78, 5) is 80.0. The van der Waals surface area contributed by atoms with Crippen molar-refractivity contribution in [1.82, 2.24) is 16.0 Å². The van der Waals surface area contributed by atoms with Gasteiger partial charge in [0.25, 0.3) is 0 Å². The minimum Gasteiger partial charge on any atom is -0.481 e. The number of carbonyl (C=O) groups is 7. The van der Waals surface area contributed by atoms with Crippen LogP contribution in [0.4, 0.5) is 4.79 Å². The Morgan fingerprint density at radius 1 is 0.844 bits per heavy atom. The van der Waals surface area contributed by atoms with E-state index in [4.69, 9.17) is 9.84 Å². The Kier molecular flexibility index (Phi) is 14.4. The average Bonchev–Trinajstić information content (AvgIpc) is 2.76. The zero-order chi connectivity index (χ0) is 24.5. The highest BCUT2D eigenvalue weighted by Crippen LogP contribution is 2.06. The Bertz CT molecular complexity index is 707. The molecule has 0 spiro atoms. The van der Waals surface area contributed by atoms with Crippen LogP contribution in [0.15, 0.2) is 0 Å². The lowest BCUT2D eigenvalue weighted by molar-refractivity contribution is -0.145. The molecule has 3 amide bonds. The molecular formula is C19H29N3O10. The van der Waals surface area contributed by atoms with Crippen LogP contribution in [0.2, 0.25) is 0 Å². The molecule has 0 aromatic heterocycles. The lowest BCUT2D eigenvalue weighted by atomic mass is 10.0. The summed E-state index contributed by atoms with van der Waals surface area (Å²) in [5.41, 5.74) is 0. The number of hydrogen-bond acceptors (Lipinski definition) is 9. The Balaban J connectivity index is 4.21. The first-order chi connectivity index (χ1) is 15.1. The third-order valence-electron chi connectivity index (χ3n) is 3.98. The normalized spacial score (nSPS) is 10.9. The van der Waals surface area contributed by atoms with Gasteiger partial charge < -0.3 is 30.5 Å². The molecule has 32 heavy (non-hydrogen) atoms. The van der Waals surface area contributed by atoms with E-state index in [1.165, 1.54) is 7.11 Å². The van der Waals surface area contributed by atoms with Gasteiger partial charge in [0.2, 0.25) is 11.8 Å². The van der Waals surface area contributed by atoms with Crippen LogP contribution in [0.3, 0.4) is 0 Å². The van der Waals surface area contributed by atoms with Crippen molar-refractivity contribution >= 4 is 41.4 Å². The summed E-state index contributed by atoms with van der Waals surface area (Å²) in [5, 5.41) is 16.1. The van der Waals surface area contributed by atoms with Crippen molar-refractivity contribution in [2.45, 2.75) is 39.0 Å². The summed E-state index contributed by atoms with van der Waals surface area (Å²) < 4.78 is 9.12. The van der Waals surface area contributed by atoms with E-state index < -0.39 is 55.2 Å². The van der Waals surface area contributed by atoms with Crippen molar-refractivity contribution in [1.29, 1.82) is 0 Å². The van der Waals surface area contributed by atoms with E-state index in [0.29, 0.717) is 0 Å². The number of rotatable bonds is 16. The molecule has 0 unspecified atom stereocenters. The first kappa shape index (κ1) is 28.5. The molecule has 0 aliphatic heterocycles. The first-order valence-electron chi connectivity index (χ1n) is 9.86. The number of carbonyl (C=O) groups excluding carboxylic acids is 6. The van der Waals surface area contributed by atoms with Crippen LogP contribution in [-0.2, 0) is 38.2 Å². The van der Waals surface area contributed by atoms with Crippen LogP contribution in [-0.4, -0.2) is 79.9 Å². The summed E-state index contributed by atoms with van der Waals surface area (Å²) in [6.45, 7) is 0.344. The molecule has 4 N–H and O–H groups in total. The number of nitrogens with one attached hydrogen (secondary N) is 3. The van der Waals surface area contributed by atoms with Gasteiger partial charge in [0, 0.05) is 32.2 Å². The van der Waals surface area contributed by atoms with E-state index >= 15 is 0 Å².